The van der Waals surface area contributed by atoms with Crippen LogP contribution in [0.25, 0.3) is 0 Å². The van der Waals surface area contributed by atoms with Crippen LogP contribution in [0.4, 0.5) is 4.79 Å². The number of hydrogen-bond acceptors (Lipinski definition) is 10. The number of ether oxygens (including phenoxy) is 1. The number of aliphatic hydroxyl groups is 1. The number of carbonyl (C=O) groups is 7. The van der Waals surface area contributed by atoms with E-state index in [0.717, 1.165) is 87.3 Å². The summed E-state index contributed by atoms with van der Waals surface area (Å²) in [5, 5.41) is 32.6. The van der Waals surface area contributed by atoms with E-state index < -0.39 is 53.7 Å². The highest BCUT2D eigenvalue weighted by Crippen LogP contribution is 2.21. The van der Waals surface area contributed by atoms with Crippen molar-refractivity contribution in [3.63, 3.8) is 0 Å². The SMILES string of the molecule is CC(C)CC(NC(=O)[C@H](Cc1ccccc1)C[C@@H](O)[C@H](Cc1ccccc1)NC(=O)OC(C)(C)C)C(=O)NC(Cc1ccccc1)C(=O)NCCCCCNC(=O)CCCCCNC(=O)CCCCCNC(=O)CCCCCN. The Morgan fingerprint density at radius 3 is 1.35 bits per heavy atom. The van der Waals surface area contributed by atoms with Gasteiger partial charge in [0.15, 0.2) is 0 Å². The van der Waals surface area contributed by atoms with E-state index in [9.17, 15) is 38.7 Å². The van der Waals surface area contributed by atoms with E-state index in [4.69, 9.17) is 10.5 Å². The fourth-order valence-corrected chi connectivity index (χ4v) is 9.06. The van der Waals surface area contributed by atoms with Crippen LogP contribution in [0.15, 0.2) is 91.0 Å². The Kier molecular flexibility index (Phi) is 33.1. The van der Waals surface area contributed by atoms with Crippen LogP contribution in [0.2, 0.25) is 0 Å². The Hall–Kier alpha value is -6.33. The first-order valence-electron chi connectivity index (χ1n) is 29.1. The van der Waals surface area contributed by atoms with E-state index in [-0.39, 0.29) is 61.7 Å². The maximum absolute atomic E-state index is 14.5. The summed E-state index contributed by atoms with van der Waals surface area (Å²) in [5.41, 5.74) is 7.29. The van der Waals surface area contributed by atoms with Gasteiger partial charge in [-0.1, -0.05) is 124 Å². The largest absolute Gasteiger partial charge is 0.444 e. The van der Waals surface area contributed by atoms with Gasteiger partial charge in [-0.2, -0.15) is 0 Å². The molecule has 2 unspecified atom stereocenters. The Morgan fingerprint density at radius 1 is 0.481 bits per heavy atom. The van der Waals surface area contributed by atoms with Crippen molar-refractivity contribution < 1.29 is 43.4 Å². The van der Waals surface area contributed by atoms with Crippen molar-refractivity contribution in [1.82, 2.24) is 37.2 Å². The molecule has 3 aromatic carbocycles. The van der Waals surface area contributed by atoms with Gasteiger partial charge in [0.1, 0.15) is 17.7 Å². The first-order chi connectivity index (χ1) is 37.9. The van der Waals surface area contributed by atoms with Crippen molar-refractivity contribution in [2.75, 3.05) is 32.7 Å². The zero-order chi connectivity index (χ0) is 57.7. The van der Waals surface area contributed by atoms with Crippen molar-refractivity contribution in [2.45, 2.75) is 193 Å². The third-order valence-corrected chi connectivity index (χ3v) is 13.3. The molecule has 7 amide bonds. The van der Waals surface area contributed by atoms with Gasteiger partial charge in [-0.05, 0) is 133 Å². The summed E-state index contributed by atoms with van der Waals surface area (Å²) < 4.78 is 5.56. The van der Waals surface area contributed by atoms with Crippen LogP contribution >= 0.6 is 0 Å². The molecular formula is C62H96N8O9. The van der Waals surface area contributed by atoms with Crippen LogP contribution in [-0.2, 0) is 52.8 Å². The van der Waals surface area contributed by atoms with Crippen molar-refractivity contribution in [1.29, 1.82) is 0 Å². The molecule has 438 valence electrons. The molecule has 3 aromatic rings. The maximum Gasteiger partial charge on any atom is 0.407 e. The highest BCUT2D eigenvalue weighted by molar-refractivity contribution is 5.92. The number of carbonyl (C=O) groups excluding carboxylic acids is 7. The fraction of sp³-hybridized carbons (Fsp3) is 0.597. The minimum absolute atomic E-state index is 0.0114. The Morgan fingerprint density at radius 2 is 0.899 bits per heavy atom. The number of benzene rings is 3. The molecule has 0 aromatic heterocycles. The number of unbranched alkanes of at least 4 members (excludes halogenated alkanes) is 8. The van der Waals surface area contributed by atoms with Crippen molar-refractivity contribution in [3.8, 4) is 0 Å². The minimum atomic E-state index is -1.18. The van der Waals surface area contributed by atoms with Gasteiger partial charge < -0.3 is 52.8 Å². The van der Waals surface area contributed by atoms with Crippen molar-refractivity contribution in [3.05, 3.63) is 108 Å². The first kappa shape index (κ1) is 66.9. The average molecular weight is 1100 g/mol. The lowest BCUT2D eigenvalue weighted by Gasteiger charge is -2.30. The molecule has 17 heteroatoms. The molecule has 0 aliphatic carbocycles. The fourth-order valence-electron chi connectivity index (χ4n) is 9.06. The normalized spacial score (nSPS) is 13.2. The average Bonchev–Trinajstić information content (AvgIpc) is 3.41. The van der Waals surface area contributed by atoms with E-state index >= 15 is 0 Å². The summed E-state index contributed by atoms with van der Waals surface area (Å²) in [4.78, 5) is 92.3. The molecule has 79 heavy (non-hydrogen) atoms. The van der Waals surface area contributed by atoms with Gasteiger partial charge in [0.25, 0.3) is 0 Å². The number of rotatable bonds is 40. The summed E-state index contributed by atoms with van der Waals surface area (Å²) in [7, 11) is 0. The first-order valence-corrected chi connectivity index (χ1v) is 29.1. The molecule has 3 rings (SSSR count). The molecule has 17 nitrogen and oxygen atoms in total. The van der Waals surface area contributed by atoms with Gasteiger partial charge >= 0.3 is 6.09 Å². The third-order valence-electron chi connectivity index (χ3n) is 13.3. The molecule has 0 radical (unpaired) electrons. The standard InChI is InChI=1S/C62H96N8O9/c1-46(2)41-52(68-58(75)50(42-47-27-13-6-14-28-47)45-54(71)51(43-48-29-15-7-16-30-48)70-61(78)79-62(3,4)5)60(77)69-53(44-49-31-17-8-18-32-49)59(76)67-40-26-12-25-39-66-57(74)35-21-11-24-38-65-56(73)34-20-10-23-37-64-55(72)33-19-9-22-36-63/h6-8,13-18,27-32,46,50-54,71H,9-12,19-26,33-45,63H2,1-5H3,(H,64,72)(H,65,73)(H,66,74)(H,67,76)(H,68,75)(H,69,77)(H,70,78)/t50-,51+,52?,53?,54-/m1/s1. The van der Waals surface area contributed by atoms with Gasteiger partial charge in [0.2, 0.25) is 35.4 Å². The summed E-state index contributed by atoms with van der Waals surface area (Å²) in [6, 6.07) is 25.5. The monoisotopic (exact) mass is 1100 g/mol. The lowest BCUT2D eigenvalue weighted by molar-refractivity contribution is -0.134. The second-order valence-corrected chi connectivity index (χ2v) is 22.2. The number of aliphatic hydroxyl groups excluding tert-OH is 1. The molecule has 0 heterocycles. The second kappa shape index (κ2) is 39.1. The number of nitrogens with two attached hydrogens (primary N) is 1. The van der Waals surface area contributed by atoms with Crippen LogP contribution in [0.1, 0.15) is 160 Å². The van der Waals surface area contributed by atoms with Crippen LogP contribution in [-0.4, -0.2) is 109 Å². The van der Waals surface area contributed by atoms with E-state index in [1.807, 2.05) is 105 Å². The summed E-state index contributed by atoms with van der Waals surface area (Å²) in [5.74, 6) is -2.05. The van der Waals surface area contributed by atoms with E-state index in [1.165, 1.54) is 0 Å². The third kappa shape index (κ3) is 31.8. The Balaban J connectivity index is 1.48. The van der Waals surface area contributed by atoms with Gasteiger partial charge in [0, 0.05) is 57.8 Å². The molecule has 0 saturated carbocycles. The van der Waals surface area contributed by atoms with Crippen LogP contribution in [0.3, 0.4) is 0 Å². The molecule has 0 saturated heterocycles. The van der Waals surface area contributed by atoms with Gasteiger partial charge in [-0.15, -0.1) is 0 Å². The molecule has 0 aliphatic rings. The smallest absolute Gasteiger partial charge is 0.407 e. The molecule has 10 N–H and O–H groups in total. The van der Waals surface area contributed by atoms with Gasteiger partial charge in [-0.25, -0.2) is 4.79 Å². The molecule has 0 aliphatic heterocycles. The number of hydrogen-bond donors (Lipinski definition) is 9. The molecule has 0 bridgehead atoms. The minimum Gasteiger partial charge on any atom is -0.444 e. The molecule has 0 spiro atoms. The van der Waals surface area contributed by atoms with Gasteiger partial charge in [0.05, 0.1) is 12.1 Å². The van der Waals surface area contributed by atoms with Crippen LogP contribution in [0.5, 0.6) is 0 Å². The number of alkyl carbamates (subject to hydrolysis) is 1. The Labute approximate surface area is 471 Å². The van der Waals surface area contributed by atoms with Crippen molar-refractivity contribution in [2.24, 2.45) is 17.6 Å². The number of nitrogens with one attached hydrogen (secondary N) is 7. The predicted molar refractivity (Wildman–Crippen MR) is 311 cm³/mol. The molecule has 5 atom stereocenters. The highest BCUT2D eigenvalue weighted by Gasteiger charge is 2.33. The topological polar surface area (TPSA) is 259 Å². The van der Waals surface area contributed by atoms with Gasteiger partial charge in [-0.3, -0.25) is 28.8 Å². The zero-order valence-electron chi connectivity index (χ0n) is 48.1. The van der Waals surface area contributed by atoms with E-state index in [2.05, 4.69) is 37.2 Å². The van der Waals surface area contributed by atoms with Crippen LogP contribution < -0.4 is 43.0 Å². The van der Waals surface area contributed by atoms with Crippen LogP contribution in [0, 0.1) is 11.8 Å². The summed E-state index contributed by atoms with van der Waals surface area (Å²) in [6.07, 6.45) is 10.3. The maximum atomic E-state index is 14.5. The summed E-state index contributed by atoms with van der Waals surface area (Å²) in [6.45, 7) is 11.9. The van der Waals surface area contributed by atoms with E-state index in [1.54, 1.807) is 20.8 Å². The lowest BCUT2D eigenvalue weighted by atomic mass is 9.88. The quantitative estimate of drug-likeness (QED) is 0.0257. The number of amides is 7. The second-order valence-electron chi connectivity index (χ2n) is 22.2. The lowest BCUT2D eigenvalue weighted by Crippen LogP contribution is -2.56. The Bertz CT molecular complexity index is 2210. The van der Waals surface area contributed by atoms with Crippen molar-refractivity contribution >= 4 is 41.5 Å². The molecular weight excluding hydrogens is 1000 g/mol. The highest BCUT2D eigenvalue weighted by atomic mass is 16.6. The predicted octanol–water partition coefficient (Wildman–Crippen LogP) is 7.27. The zero-order valence-corrected chi connectivity index (χ0v) is 48.1. The molecule has 0 fully saturated rings. The van der Waals surface area contributed by atoms with E-state index in [0.29, 0.717) is 58.4 Å². The summed E-state index contributed by atoms with van der Waals surface area (Å²) >= 11 is 0.